The number of aromatic nitrogens is 1. The number of hydrogen-bond donors (Lipinski definition) is 1. The molecule has 1 saturated heterocycles. The SMILES string of the molecule is Cc1ncsc1CCN1CCC(OCC(=O)O)CC1. The number of piperidine rings is 1. The van der Waals surface area contributed by atoms with Crippen molar-refractivity contribution in [1.29, 1.82) is 0 Å². The first-order chi connectivity index (χ1) is 9.15. The number of nitrogens with zero attached hydrogens (tertiary/aromatic N) is 2. The lowest BCUT2D eigenvalue weighted by Gasteiger charge is -2.31. The summed E-state index contributed by atoms with van der Waals surface area (Å²) in [5.41, 5.74) is 3.04. The van der Waals surface area contributed by atoms with Crippen LogP contribution in [0, 0.1) is 6.92 Å². The number of carboxylic acid groups (broad SMARTS) is 1. The van der Waals surface area contributed by atoms with Crippen molar-refractivity contribution in [3.05, 3.63) is 16.1 Å². The van der Waals surface area contributed by atoms with E-state index in [1.807, 2.05) is 5.51 Å². The van der Waals surface area contributed by atoms with Gasteiger partial charge in [-0.3, -0.25) is 0 Å². The van der Waals surface area contributed by atoms with Crippen LogP contribution in [0.15, 0.2) is 5.51 Å². The number of ether oxygens (including phenoxy) is 1. The topological polar surface area (TPSA) is 62.7 Å². The first-order valence-corrected chi connectivity index (χ1v) is 7.48. The molecule has 1 fully saturated rings. The number of aryl methyl sites for hydroxylation is 1. The van der Waals surface area contributed by atoms with E-state index < -0.39 is 5.97 Å². The van der Waals surface area contributed by atoms with Gasteiger partial charge in [-0.05, 0) is 26.2 Å². The summed E-state index contributed by atoms with van der Waals surface area (Å²) in [6.45, 7) is 4.90. The van der Waals surface area contributed by atoms with E-state index in [1.54, 1.807) is 11.3 Å². The molecule has 106 valence electrons. The van der Waals surface area contributed by atoms with E-state index in [1.165, 1.54) is 4.88 Å². The Balaban J connectivity index is 1.66. The van der Waals surface area contributed by atoms with Gasteiger partial charge in [-0.2, -0.15) is 0 Å². The molecule has 0 amide bonds. The number of hydrogen-bond acceptors (Lipinski definition) is 5. The van der Waals surface area contributed by atoms with Crippen molar-refractivity contribution in [3.63, 3.8) is 0 Å². The molecule has 2 rings (SSSR count). The molecule has 0 spiro atoms. The molecule has 0 saturated carbocycles. The third kappa shape index (κ3) is 4.56. The van der Waals surface area contributed by atoms with Crippen LogP contribution in [0.3, 0.4) is 0 Å². The van der Waals surface area contributed by atoms with Crippen molar-refractivity contribution in [3.8, 4) is 0 Å². The standard InChI is InChI=1S/C13H20N2O3S/c1-10-12(19-9-14-10)4-7-15-5-2-11(3-6-15)18-8-13(16)17/h9,11H,2-8H2,1H3,(H,16,17). The van der Waals surface area contributed by atoms with Gasteiger partial charge in [-0.25, -0.2) is 9.78 Å². The Kier molecular flexibility index (Phi) is 5.30. The second kappa shape index (κ2) is 6.98. The quantitative estimate of drug-likeness (QED) is 0.859. The molecular formula is C13H20N2O3S. The molecule has 1 aromatic heterocycles. The molecule has 1 aliphatic heterocycles. The molecule has 0 aliphatic carbocycles. The number of thiazole rings is 1. The summed E-state index contributed by atoms with van der Waals surface area (Å²) >= 11 is 1.72. The van der Waals surface area contributed by atoms with E-state index >= 15 is 0 Å². The normalized spacial score (nSPS) is 17.7. The van der Waals surface area contributed by atoms with Crippen LogP contribution >= 0.6 is 11.3 Å². The Hall–Kier alpha value is -0.980. The molecule has 5 nitrogen and oxygen atoms in total. The molecule has 0 radical (unpaired) electrons. The molecule has 19 heavy (non-hydrogen) atoms. The minimum atomic E-state index is -0.886. The molecule has 1 aliphatic rings. The fraction of sp³-hybridized carbons (Fsp3) is 0.692. The molecule has 0 aromatic carbocycles. The van der Waals surface area contributed by atoms with Crippen LogP contribution in [0.1, 0.15) is 23.4 Å². The van der Waals surface area contributed by atoms with E-state index in [0.717, 1.165) is 44.6 Å². The maximum Gasteiger partial charge on any atom is 0.329 e. The van der Waals surface area contributed by atoms with E-state index in [-0.39, 0.29) is 12.7 Å². The summed E-state index contributed by atoms with van der Waals surface area (Å²) in [6, 6.07) is 0. The van der Waals surface area contributed by atoms with E-state index in [0.29, 0.717) is 0 Å². The van der Waals surface area contributed by atoms with Crippen LogP contribution in [0.2, 0.25) is 0 Å². The Labute approximate surface area is 117 Å². The fourth-order valence-corrected chi connectivity index (χ4v) is 3.08. The van der Waals surface area contributed by atoms with Crippen molar-refractivity contribution in [2.24, 2.45) is 0 Å². The summed E-state index contributed by atoms with van der Waals surface area (Å²) < 4.78 is 5.33. The summed E-state index contributed by atoms with van der Waals surface area (Å²) in [5, 5.41) is 8.57. The second-order valence-corrected chi connectivity index (χ2v) is 5.80. The van der Waals surface area contributed by atoms with Crippen LogP contribution < -0.4 is 0 Å². The van der Waals surface area contributed by atoms with E-state index in [4.69, 9.17) is 9.84 Å². The Bertz CT molecular complexity index is 414. The lowest BCUT2D eigenvalue weighted by atomic mass is 10.1. The summed E-state index contributed by atoms with van der Waals surface area (Å²) in [5.74, 6) is -0.886. The van der Waals surface area contributed by atoms with Crippen molar-refractivity contribution < 1.29 is 14.6 Å². The predicted molar refractivity (Wildman–Crippen MR) is 73.6 cm³/mol. The lowest BCUT2D eigenvalue weighted by Crippen LogP contribution is -2.38. The van der Waals surface area contributed by atoms with Gasteiger partial charge in [0.1, 0.15) is 6.61 Å². The first kappa shape index (κ1) is 14.4. The molecule has 2 heterocycles. The number of likely N-dealkylation sites (tertiary alicyclic amines) is 1. The second-order valence-electron chi connectivity index (χ2n) is 4.86. The molecule has 1 aromatic rings. The average molecular weight is 284 g/mol. The number of rotatable bonds is 6. The van der Waals surface area contributed by atoms with Gasteiger partial charge < -0.3 is 14.7 Å². The highest BCUT2D eigenvalue weighted by Crippen LogP contribution is 2.17. The molecule has 0 unspecified atom stereocenters. The number of carboxylic acids is 1. The highest BCUT2D eigenvalue weighted by Gasteiger charge is 2.20. The minimum Gasteiger partial charge on any atom is -0.480 e. The van der Waals surface area contributed by atoms with Gasteiger partial charge in [-0.1, -0.05) is 0 Å². The highest BCUT2D eigenvalue weighted by molar-refractivity contribution is 7.09. The largest absolute Gasteiger partial charge is 0.480 e. The number of aliphatic carboxylic acids is 1. The molecule has 0 bridgehead atoms. The maximum absolute atomic E-state index is 10.4. The monoisotopic (exact) mass is 284 g/mol. The third-order valence-corrected chi connectivity index (χ3v) is 4.47. The van der Waals surface area contributed by atoms with Gasteiger partial charge in [-0.15, -0.1) is 11.3 Å². The van der Waals surface area contributed by atoms with Crippen LogP contribution in [0.25, 0.3) is 0 Å². The predicted octanol–water partition coefficient (Wildman–Crippen LogP) is 1.56. The van der Waals surface area contributed by atoms with E-state index in [9.17, 15) is 4.79 Å². The Morgan fingerprint density at radius 1 is 1.58 bits per heavy atom. The van der Waals surface area contributed by atoms with Crippen molar-refractivity contribution in [2.45, 2.75) is 32.3 Å². The highest BCUT2D eigenvalue weighted by atomic mass is 32.1. The van der Waals surface area contributed by atoms with Crippen LogP contribution in [-0.4, -0.2) is 53.3 Å². The van der Waals surface area contributed by atoms with Crippen molar-refractivity contribution >= 4 is 17.3 Å². The van der Waals surface area contributed by atoms with Crippen molar-refractivity contribution in [2.75, 3.05) is 26.2 Å². The lowest BCUT2D eigenvalue weighted by molar-refractivity contribution is -0.145. The molecular weight excluding hydrogens is 264 g/mol. The first-order valence-electron chi connectivity index (χ1n) is 6.60. The smallest absolute Gasteiger partial charge is 0.329 e. The number of carbonyl (C=O) groups is 1. The fourth-order valence-electron chi connectivity index (χ4n) is 2.31. The zero-order valence-corrected chi connectivity index (χ0v) is 12.0. The van der Waals surface area contributed by atoms with Gasteiger partial charge in [0.2, 0.25) is 0 Å². The van der Waals surface area contributed by atoms with Crippen LogP contribution in [-0.2, 0) is 16.0 Å². The summed E-state index contributed by atoms with van der Waals surface area (Å²) in [4.78, 5) is 18.5. The van der Waals surface area contributed by atoms with E-state index in [2.05, 4.69) is 16.8 Å². The average Bonchev–Trinajstić information content (AvgIpc) is 2.81. The summed E-state index contributed by atoms with van der Waals surface area (Å²) in [6.07, 6.45) is 3.01. The minimum absolute atomic E-state index is 0.109. The van der Waals surface area contributed by atoms with Gasteiger partial charge in [0, 0.05) is 24.5 Å². The Morgan fingerprint density at radius 3 is 2.89 bits per heavy atom. The van der Waals surface area contributed by atoms with Crippen molar-refractivity contribution in [1.82, 2.24) is 9.88 Å². The van der Waals surface area contributed by atoms with Crippen LogP contribution in [0.5, 0.6) is 0 Å². The summed E-state index contributed by atoms with van der Waals surface area (Å²) in [7, 11) is 0. The van der Waals surface area contributed by atoms with Gasteiger partial charge >= 0.3 is 5.97 Å². The molecule has 0 atom stereocenters. The van der Waals surface area contributed by atoms with Gasteiger partial charge in [0.05, 0.1) is 17.3 Å². The zero-order chi connectivity index (χ0) is 13.7. The van der Waals surface area contributed by atoms with Gasteiger partial charge in [0.25, 0.3) is 0 Å². The van der Waals surface area contributed by atoms with Gasteiger partial charge in [0.15, 0.2) is 0 Å². The molecule has 1 N–H and O–H groups in total. The molecule has 6 heteroatoms. The van der Waals surface area contributed by atoms with Crippen LogP contribution in [0.4, 0.5) is 0 Å². The zero-order valence-electron chi connectivity index (χ0n) is 11.2. The Morgan fingerprint density at radius 2 is 2.32 bits per heavy atom. The third-order valence-electron chi connectivity index (χ3n) is 3.48. The maximum atomic E-state index is 10.4.